The Morgan fingerprint density at radius 1 is 1.08 bits per heavy atom. The number of hydrogen-bond acceptors (Lipinski definition) is 10. The minimum atomic E-state index is -3.01. The topological polar surface area (TPSA) is 215 Å². The normalized spacial score (nSPS) is 32.2. The molecule has 4 rings (SSSR count). The predicted octanol–water partition coefficient (Wildman–Crippen LogP) is 0.0546. The van der Waals surface area contributed by atoms with Gasteiger partial charge in [0.1, 0.15) is 11.9 Å². The highest BCUT2D eigenvalue weighted by atomic mass is 16.5. The smallest absolute Gasteiger partial charge is 0.306 e. The fourth-order valence-electron chi connectivity index (χ4n) is 6.20. The van der Waals surface area contributed by atoms with Crippen LogP contribution in [0.2, 0.25) is 0 Å². The molecule has 3 aliphatic carbocycles. The number of amides is 1. The molecule has 3 aliphatic rings. The number of Topliss-reactive ketones (excluding diaryl/α,β-unsaturated/α-hetero) is 4. The lowest BCUT2D eigenvalue weighted by Crippen LogP contribution is -2.73. The van der Waals surface area contributed by atoms with Crippen LogP contribution in [0.1, 0.15) is 60.9 Å². The number of esters is 1. The van der Waals surface area contributed by atoms with Gasteiger partial charge in [0, 0.05) is 31.1 Å². The van der Waals surface area contributed by atoms with Crippen molar-refractivity contribution in [3.63, 3.8) is 0 Å². The van der Waals surface area contributed by atoms with Gasteiger partial charge in [-0.1, -0.05) is 19.1 Å². The number of fused-ring (bicyclic) bond motifs is 3. The number of rotatable bonds is 7. The lowest BCUT2D eigenvalue weighted by atomic mass is 9.50. The number of primary amides is 1. The minimum absolute atomic E-state index is 0.145. The van der Waals surface area contributed by atoms with E-state index in [2.05, 4.69) is 0 Å². The SMILES string of the molecule is C[C@H]1c2cccc(O)c2C(=O)C2C(=O)[C@]3(O)C(=O)C(C(N)=O)C(=O)C[C@@H]3[C@@H](OC(=O)CCCCC(=O)O)[C@@H]21. The van der Waals surface area contributed by atoms with Gasteiger partial charge < -0.3 is 25.8 Å². The number of carboxylic acids is 1. The van der Waals surface area contributed by atoms with E-state index >= 15 is 0 Å². The van der Waals surface area contributed by atoms with Crippen LogP contribution in [-0.4, -0.2) is 68.0 Å². The number of aliphatic hydroxyl groups is 1. The van der Waals surface area contributed by atoms with Gasteiger partial charge in [0.05, 0.1) is 11.5 Å². The van der Waals surface area contributed by atoms with Crippen LogP contribution in [0, 0.1) is 23.7 Å². The van der Waals surface area contributed by atoms with Crippen molar-refractivity contribution >= 4 is 41.0 Å². The molecule has 0 heterocycles. The zero-order chi connectivity index (χ0) is 28.1. The van der Waals surface area contributed by atoms with E-state index in [9.17, 15) is 43.8 Å². The van der Waals surface area contributed by atoms with Crippen LogP contribution in [0.15, 0.2) is 18.2 Å². The van der Waals surface area contributed by atoms with Crippen molar-refractivity contribution < 1.29 is 53.6 Å². The summed E-state index contributed by atoms with van der Waals surface area (Å²) in [5.41, 5.74) is 2.40. The third kappa shape index (κ3) is 4.08. The van der Waals surface area contributed by atoms with Crippen LogP contribution in [-0.2, 0) is 33.5 Å². The summed E-state index contributed by atoms with van der Waals surface area (Å²) in [4.78, 5) is 88.8. The number of phenols is 1. The van der Waals surface area contributed by atoms with Crippen LogP contribution >= 0.6 is 0 Å². The second-order valence-electron chi connectivity index (χ2n) is 10.1. The number of nitrogens with two attached hydrogens (primary N) is 1. The number of aromatic hydroxyl groups is 1. The fourth-order valence-corrected chi connectivity index (χ4v) is 6.20. The Morgan fingerprint density at radius 2 is 1.74 bits per heavy atom. The summed E-state index contributed by atoms with van der Waals surface area (Å²) in [5.74, 6) is -15.4. The number of ketones is 4. The molecule has 1 aromatic rings. The van der Waals surface area contributed by atoms with Gasteiger partial charge in [0.2, 0.25) is 5.91 Å². The van der Waals surface area contributed by atoms with E-state index in [0.29, 0.717) is 5.56 Å². The number of unbranched alkanes of at least 4 members (excludes halogenated alkanes) is 1. The molecule has 0 aliphatic heterocycles. The molecule has 2 fully saturated rings. The Balaban J connectivity index is 1.80. The summed E-state index contributed by atoms with van der Waals surface area (Å²) < 4.78 is 5.67. The summed E-state index contributed by atoms with van der Waals surface area (Å²) in [6.45, 7) is 1.63. The summed E-state index contributed by atoms with van der Waals surface area (Å²) in [5, 5.41) is 30.7. The lowest BCUT2D eigenvalue weighted by Gasteiger charge is -2.53. The molecule has 2 saturated carbocycles. The second-order valence-corrected chi connectivity index (χ2v) is 10.1. The average Bonchev–Trinajstić information content (AvgIpc) is 2.83. The maximum absolute atomic E-state index is 13.8. The summed E-state index contributed by atoms with van der Waals surface area (Å²) in [6, 6.07) is 4.30. The van der Waals surface area contributed by atoms with Gasteiger partial charge in [-0.2, -0.15) is 0 Å². The molecule has 202 valence electrons. The van der Waals surface area contributed by atoms with E-state index < -0.39 is 94.4 Å². The molecule has 1 amide bonds. The highest BCUT2D eigenvalue weighted by molar-refractivity contribution is 6.31. The molecule has 38 heavy (non-hydrogen) atoms. The Hall–Kier alpha value is -3.93. The number of ether oxygens (including phenoxy) is 1. The minimum Gasteiger partial charge on any atom is -0.507 e. The number of carbonyl (C=O) groups excluding carboxylic acids is 6. The predicted molar refractivity (Wildman–Crippen MR) is 125 cm³/mol. The first-order chi connectivity index (χ1) is 17.8. The van der Waals surface area contributed by atoms with Crippen LogP contribution in [0.3, 0.4) is 0 Å². The zero-order valence-corrected chi connectivity index (χ0v) is 20.4. The van der Waals surface area contributed by atoms with Gasteiger partial charge in [-0.05, 0) is 30.4 Å². The first-order valence-electron chi connectivity index (χ1n) is 12.2. The van der Waals surface area contributed by atoms with E-state index in [-0.39, 0.29) is 31.2 Å². The molecule has 0 radical (unpaired) electrons. The monoisotopic (exact) mass is 529 g/mol. The Bertz CT molecular complexity index is 1270. The van der Waals surface area contributed by atoms with E-state index in [4.69, 9.17) is 15.6 Å². The van der Waals surface area contributed by atoms with E-state index in [1.54, 1.807) is 13.0 Å². The number of carbonyl (C=O) groups is 7. The maximum Gasteiger partial charge on any atom is 0.306 e. The summed E-state index contributed by atoms with van der Waals surface area (Å²) in [6.07, 6.45) is -2.24. The van der Waals surface area contributed by atoms with Gasteiger partial charge in [0.15, 0.2) is 34.7 Å². The highest BCUT2D eigenvalue weighted by Crippen LogP contribution is 2.54. The van der Waals surface area contributed by atoms with Crippen LogP contribution < -0.4 is 5.73 Å². The third-order valence-corrected chi connectivity index (χ3v) is 7.98. The molecule has 12 nitrogen and oxygen atoms in total. The molecule has 0 spiro atoms. The Kier molecular flexibility index (Phi) is 6.96. The van der Waals surface area contributed by atoms with Crippen LogP contribution in [0.4, 0.5) is 0 Å². The summed E-state index contributed by atoms with van der Waals surface area (Å²) in [7, 11) is 0. The highest BCUT2D eigenvalue weighted by Gasteiger charge is 2.71. The van der Waals surface area contributed by atoms with Crippen molar-refractivity contribution in [2.75, 3.05) is 0 Å². The van der Waals surface area contributed by atoms with Gasteiger partial charge in [-0.3, -0.25) is 33.6 Å². The van der Waals surface area contributed by atoms with E-state index in [1.165, 1.54) is 12.1 Å². The molecule has 7 atom stereocenters. The molecule has 2 unspecified atom stereocenters. The summed E-state index contributed by atoms with van der Waals surface area (Å²) >= 11 is 0. The first kappa shape index (κ1) is 27.1. The Labute approximate surface area is 216 Å². The largest absolute Gasteiger partial charge is 0.507 e. The molecule has 0 aromatic heterocycles. The van der Waals surface area contributed by atoms with Crippen molar-refractivity contribution in [2.24, 2.45) is 29.4 Å². The van der Waals surface area contributed by atoms with Gasteiger partial charge in [-0.15, -0.1) is 0 Å². The number of benzene rings is 1. The van der Waals surface area contributed by atoms with Gasteiger partial charge >= 0.3 is 11.9 Å². The van der Waals surface area contributed by atoms with Crippen molar-refractivity contribution in [3.8, 4) is 5.75 Å². The number of hydrogen-bond donors (Lipinski definition) is 4. The lowest BCUT2D eigenvalue weighted by molar-refractivity contribution is -0.198. The standard InChI is InChI=1S/C26H27NO11/c1-10-11-5-4-6-13(28)18(11)21(33)20-17(10)22(38-16(32)8-3-2-7-15(30)31)12-9-14(29)19(25(27)36)23(34)26(12,37)24(20)35/h4-6,10,12,17,19-20,22,28,37H,2-3,7-9H2,1H3,(H2,27,36)(H,30,31)/t10-,12+,17+,19?,20?,22+,26+/m0/s1. The number of carboxylic acid groups (broad SMARTS) is 1. The van der Waals surface area contributed by atoms with Crippen LogP contribution in [0.5, 0.6) is 5.75 Å². The van der Waals surface area contributed by atoms with Crippen molar-refractivity contribution in [1.82, 2.24) is 0 Å². The zero-order valence-electron chi connectivity index (χ0n) is 20.4. The maximum atomic E-state index is 13.8. The number of phenolic OH excluding ortho intramolecular Hbond substituents is 1. The molecule has 1 aromatic carbocycles. The van der Waals surface area contributed by atoms with Gasteiger partial charge in [0.25, 0.3) is 0 Å². The van der Waals surface area contributed by atoms with Crippen molar-refractivity contribution in [2.45, 2.75) is 56.7 Å². The fraction of sp³-hybridized carbons (Fsp3) is 0.500. The second kappa shape index (κ2) is 9.75. The average molecular weight is 529 g/mol. The molecule has 5 N–H and O–H groups in total. The van der Waals surface area contributed by atoms with E-state index in [0.717, 1.165) is 0 Å². The van der Waals surface area contributed by atoms with Crippen LogP contribution in [0.25, 0.3) is 0 Å². The van der Waals surface area contributed by atoms with Gasteiger partial charge in [-0.25, -0.2) is 0 Å². The molecule has 0 bridgehead atoms. The molecular weight excluding hydrogens is 502 g/mol. The quantitative estimate of drug-likeness (QED) is 0.210. The van der Waals surface area contributed by atoms with Crippen molar-refractivity contribution in [1.29, 1.82) is 0 Å². The third-order valence-electron chi connectivity index (χ3n) is 7.98. The molecular formula is C26H27NO11. The number of aliphatic carboxylic acids is 1. The molecule has 12 heteroatoms. The Morgan fingerprint density at radius 3 is 2.37 bits per heavy atom. The van der Waals surface area contributed by atoms with E-state index in [1.807, 2.05) is 0 Å². The van der Waals surface area contributed by atoms with Crippen molar-refractivity contribution in [3.05, 3.63) is 29.3 Å². The molecule has 0 saturated heterocycles. The first-order valence-corrected chi connectivity index (χ1v) is 12.2.